The minimum atomic E-state index is -0.194. The van der Waals surface area contributed by atoms with Crippen LogP contribution in [-0.2, 0) is 0 Å². The average molecular weight is 336 g/mol. The topological polar surface area (TPSA) is 49.4 Å². The summed E-state index contributed by atoms with van der Waals surface area (Å²) in [6.07, 6.45) is 2.50. The number of carbonyl (C=O) groups excluding carboxylic acids is 2. The standard InChI is InChI=1S/C21H24N2O2/c1-15-7-9-16(10-8-15)20(24)18-5-3-4-6-19(18)21(25)22-13-14-23(2)17-11-12-17/h3-10,17H,11-14H2,1-2H3,(H,22,25). The predicted molar refractivity (Wildman–Crippen MR) is 99.0 cm³/mol. The second-order valence-electron chi connectivity index (χ2n) is 6.71. The van der Waals surface area contributed by atoms with E-state index < -0.39 is 0 Å². The molecule has 1 aliphatic rings. The fourth-order valence-electron chi connectivity index (χ4n) is 2.88. The Balaban J connectivity index is 1.70. The average Bonchev–Trinajstić information content (AvgIpc) is 3.47. The Morgan fingerprint density at radius 3 is 2.32 bits per heavy atom. The van der Waals surface area contributed by atoms with E-state index in [1.54, 1.807) is 36.4 Å². The smallest absolute Gasteiger partial charge is 0.252 e. The van der Waals surface area contributed by atoms with Gasteiger partial charge in [-0.25, -0.2) is 0 Å². The van der Waals surface area contributed by atoms with Gasteiger partial charge in [0.2, 0.25) is 0 Å². The van der Waals surface area contributed by atoms with Gasteiger partial charge >= 0.3 is 0 Å². The Bertz CT molecular complexity index is 764. The third-order valence-corrected chi connectivity index (χ3v) is 4.65. The molecule has 4 heteroatoms. The number of nitrogens with one attached hydrogen (secondary N) is 1. The minimum Gasteiger partial charge on any atom is -0.351 e. The molecule has 0 spiro atoms. The molecule has 0 aliphatic heterocycles. The van der Waals surface area contributed by atoms with Crippen LogP contribution in [0.2, 0.25) is 0 Å². The van der Waals surface area contributed by atoms with Crippen molar-refractivity contribution in [2.45, 2.75) is 25.8 Å². The van der Waals surface area contributed by atoms with E-state index in [0.717, 1.165) is 12.1 Å². The highest BCUT2D eigenvalue weighted by molar-refractivity contribution is 6.15. The number of benzene rings is 2. The zero-order valence-electron chi connectivity index (χ0n) is 14.8. The van der Waals surface area contributed by atoms with E-state index in [-0.39, 0.29) is 11.7 Å². The summed E-state index contributed by atoms with van der Waals surface area (Å²) in [6, 6.07) is 15.1. The van der Waals surface area contributed by atoms with Gasteiger partial charge in [0.25, 0.3) is 5.91 Å². The summed E-state index contributed by atoms with van der Waals surface area (Å²) in [7, 11) is 2.08. The second kappa shape index (κ2) is 7.62. The number of rotatable bonds is 7. The summed E-state index contributed by atoms with van der Waals surface area (Å²) in [5, 5.41) is 2.94. The molecule has 0 radical (unpaired) electrons. The van der Waals surface area contributed by atoms with Crippen molar-refractivity contribution in [3.05, 3.63) is 70.8 Å². The molecule has 1 N–H and O–H groups in total. The lowest BCUT2D eigenvalue weighted by Crippen LogP contribution is -2.34. The maximum absolute atomic E-state index is 12.8. The third kappa shape index (κ3) is 4.34. The Kier molecular flexibility index (Phi) is 5.29. The van der Waals surface area contributed by atoms with Crippen LogP contribution in [-0.4, -0.2) is 42.8 Å². The first-order valence-corrected chi connectivity index (χ1v) is 8.75. The molecule has 0 aromatic heterocycles. The summed E-state index contributed by atoms with van der Waals surface area (Å²) in [5.41, 5.74) is 2.57. The van der Waals surface area contributed by atoms with Crippen LogP contribution >= 0.6 is 0 Å². The van der Waals surface area contributed by atoms with E-state index in [0.29, 0.717) is 29.3 Å². The number of aryl methyl sites for hydroxylation is 1. The lowest BCUT2D eigenvalue weighted by Gasteiger charge is -2.16. The van der Waals surface area contributed by atoms with Crippen molar-refractivity contribution in [1.82, 2.24) is 10.2 Å². The van der Waals surface area contributed by atoms with Crippen molar-refractivity contribution in [2.75, 3.05) is 20.1 Å². The van der Waals surface area contributed by atoms with Crippen molar-refractivity contribution in [3.63, 3.8) is 0 Å². The first-order valence-electron chi connectivity index (χ1n) is 8.75. The molecule has 2 aromatic carbocycles. The molecular weight excluding hydrogens is 312 g/mol. The lowest BCUT2D eigenvalue weighted by atomic mass is 9.97. The molecule has 2 aromatic rings. The van der Waals surface area contributed by atoms with Crippen LogP contribution in [0.3, 0.4) is 0 Å². The van der Waals surface area contributed by atoms with Gasteiger partial charge in [-0.05, 0) is 32.9 Å². The monoisotopic (exact) mass is 336 g/mol. The quantitative estimate of drug-likeness (QED) is 0.791. The summed E-state index contributed by atoms with van der Waals surface area (Å²) < 4.78 is 0. The highest BCUT2D eigenvalue weighted by Gasteiger charge is 2.25. The van der Waals surface area contributed by atoms with Gasteiger partial charge in [-0.2, -0.15) is 0 Å². The third-order valence-electron chi connectivity index (χ3n) is 4.65. The normalized spacial score (nSPS) is 13.7. The Morgan fingerprint density at radius 1 is 1.04 bits per heavy atom. The summed E-state index contributed by atoms with van der Waals surface area (Å²) in [4.78, 5) is 27.6. The minimum absolute atomic E-state index is 0.124. The molecule has 0 bridgehead atoms. The molecule has 25 heavy (non-hydrogen) atoms. The molecule has 0 atom stereocenters. The van der Waals surface area contributed by atoms with E-state index in [1.165, 1.54) is 12.8 Å². The van der Waals surface area contributed by atoms with E-state index in [2.05, 4.69) is 17.3 Å². The van der Waals surface area contributed by atoms with Gasteiger partial charge in [0.15, 0.2) is 5.78 Å². The molecular formula is C21H24N2O2. The van der Waals surface area contributed by atoms with Crippen molar-refractivity contribution in [2.24, 2.45) is 0 Å². The van der Waals surface area contributed by atoms with E-state index >= 15 is 0 Å². The van der Waals surface area contributed by atoms with Crippen LogP contribution in [0.5, 0.6) is 0 Å². The fourth-order valence-corrected chi connectivity index (χ4v) is 2.88. The van der Waals surface area contributed by atoms with E-state index in [1.807, 2.05) is 19.1 Å². The second-order valence-corrected chi connectivity index (χ2v) is 6.71. The van der Waals surface area contributed by atoms with Crippen LogP contribution in [0, 0.1) is 6.92 Å². The first kappa shape index (κ1) is 17.4. The van der Waals surface area contributed by atoms with Gasteiger partial charge < -0.3 is 10.2 Å². The molecule has 1 amide bonds. The molecule has 130 valence electrons. The van der Waals surface area contributed by atoms with Gasteiger partial charge in [-0.15, -0.1) is 0 Å². The molecule has 0 heterocycles. The lowest BCUT2D eigenvalue weighted by molar-refractivity contribution is 0.0938. The van der Waals surface area contributed by atoms with Crippen LogP contribution in [0.15, 0.2) is 48.5 Å². The fraction of sp³-hybridized carbons (Fsp3) is 0.333. The maximum atomic E-state index is 12.8. The van der Waals surface area contributed by atoms with Crippen molar-refractivity contribution < 1.29 is 9.59 Å². The zero-order chi connectivity index (χ0) is 17.8. The molecule has 0 unspecified atom stereocenters. The number of hydrogen-bond acceptors (Lipinski definition) is 3. The molecule has 4 nitrogen and oxygen atoms in total. The molecule has 1 fully saturated rings. The highest BCUT2D eigenvalue weighted by Crippen LogP contribution is 2.24. The van der Waals surface area contributed by atoms with Crippen LogP contribution in [0.25, 0.3) is 0 Å². The SMILES string of the molecule is Cc1ccc(C(=O)c2ccccc2C(=O)NCCN(C)C2CC2)cc1. The van der Waals surface area contributed by atoms with Gasteiger partial charge in [0.1, 0.15) is 0 Å². The molecule has 1 saturated carbocycles. The number of hydrogen-bond donors (Lipinski definition) is 1. The van der Waals surface area contributed by atoms with Gasteiger partial charge in [-0.3, -0.25) is 9.59 Å². The zero-order valence-corrected chi connectivity index (χ0v) is 14.8. The van der Waals surface area contributed by atoms with Gasteiger partial charge in [0.05, 0.1) is 5.56 Å². The highest BCUT2D eigenvalue weighted by atomic mass is 16.2. The number of ketones is 1. The molecule has 3 rings (SSSR count). The maximum Gasteiger partial charge on any atom is 0.252 e. The summed E-state index contributed by atoms with van der Waals surface area (Å²) in [6.45, 7) is 3.39. The largest absolute Gasteiger partial charge is 0.351 e. The molecule has 0 saturated heterocycles. The number of amides is 1. The number of nitrogens with zero attached hydrogens (tertiary/aromatic N) is 1. The van der Waals surface area contributed by atoms with Crippen molar-refractivity contribution in [3.8, 4) is 0 Å². The summed E-state index contributed by atoms with van der Waals surface area (Å²) in [5.74, 6) is -0.318. The Hall–Kier alpha value is -2.46. The van der Waals surface area contributed by atoms with E-state index in [9.17, 15) is 9.59 Å². The molecule has 1 aliphatic carbocycles. The summed E-state index contributed by atoms with van der Waals surface area (Å²) >= 11 is 0. The first-order chi connectivity index (χ1) is 12.1. The van der Waals surface area contributed by atoms with Crippen LogP contribution in [0.4, 0.5) is 0 Å². The predicted octanol–water partition coefficient (Wildman–Crippen LogP) is 3.05. The van der Waals surface area contributed by atoms with Crippen molar-refractivity contribution >= 4 is 11.7 Å². The van der Waals surface area contributed by atoms with Crippen molar-refractivity contribution in [1.29, 1.82) is 0 Å². The van der Waals surface area contributed by atoms with Gasteiger partial charge in [-0.1, -0.05) is 48.0 Å². The van der Waals surface area contributed by atoms with E-state index in [4.69, 9.17) is 0 Å². The van der Waals surface area contributed by atoms with Gasteiger partial charge in [0, 0.05) is 30.3 Å². The van der Waals surface area contributed by atoms with Crippen LogP contribution in [0.1, 0.15) is 44.7 Å². The Morgan fingerprint density at radius 2 is 1.68 bits per heavy atom. The number of likely N-dealkylation sites (N-methyl/N-ethyl adjacent to an activating group) is 1. The number of carbonyl (C=O) groups is 2. The Labute approximate surface area is 148 Å². The van der Waals surface area contributed by atoms with Crippen LogP contribution < -0.4 is 5.32 Å².